The monoisotopic (exact) mass is 247 g/mol. The summed E-state index contributed by atoms with van der Waals surface area (Å²) in [5.41, 5.74) is 1.38. The molecule has 98 valence electrons. The van der Waals surface area contributed by atoms with Crippen LogP contribution in [-0.2, 0) is 20.1 Å². The summed E-state index contributed by atoms with van der Waals surface area (Å²) in [6.45, 7) is 8.12. The molecule has 5 nitrogen and oxygen atoms in total. The quantitative estimate of drug-likeness (QED) is 0.891. The van der Waals surface area contributed by atoms with Gasteiger partial charge in [-0.25, -0.2) is 4.98 Å². The van der Waals surface area contributed by atoms with Crippen molar-refractivity contribution >= 4 is 0 Å². The van der Waals surface area contributed by atoms with E-state index < -0.39 is 0 Å². The summed E-state index contributed by atoms with van der Waals surface area (Å²) in [5.74, 6) is 0.961. The number of aryl methyl sites for hydroxylation is 1. The van der Waals surface area contributed by atoms with Crippen LogP contribution in [0, 0.1) is 0 Å². The van der Waals surface area contributed by atoms with E-state index in [1.807, 2.05) is 7.05 Å². The average Bonchev–Trinajstić information content (AvgIpc) is 2.86. The van der Waals surface area contributed by atoms with Gasteiger partial charge in [0.1, 0.15) is 12.2 Å². The molecule has 2 aromatic rings. The molecule has 0 aliphatic carbocycles. The first kappa shape index (κ1) is 12.8. The lowest BCUT2D eigenvalue weighted by atomic mass is 10.1. The fourth-order valence-corrected chi connectivity index (χ4v) is 1.74. The van der Waals surface area contributed by atoms with E-state index in [1.165, 1.54) is 5.69 Å². The van der Waals surface area contributed by atoms with E-state index in [-0.39, 0.29) is 5.54 Å². The van der Waals surface area contributed by atoms with Crippen LogP contribution >= 0.6 is 0 Å². The highest BCUT2D eigenvalue weighted by molar-refractivity contribution is 5.09. The second-order valence-corrected chi connectivity index (χ2v) is 5.53. The maximum atomic E-state index is 4.25. The number of hydrogen-bond donors (Lipinski definition) is 1. The maximum absolute atomic E-state index is 4.25. The highest BCUT2D eigenvalue weighted by Crippen LogP contribution is 2.08. The molecular formula is C13H21N5. The lowest BCUT2D eigenvalue weighted by molar-refractivity contribution is 0.416. The van der Waals surface area contributed by atoms with Crippen LogP contribution in [0.5, 0.6) is 0 Å². The van der Waals surface area contributed by atoms with Gasteiger partial charge in [0, 0.05) is 31.0 Å². The van der Waals surface area contributed by atoms with Crippen LogP contribution in [0.4, 0.5) is 0 Å². The third-order valence-electron chi connectivity index (χ3n) is 2.84. The van der Waals surface area contributed by atoms with Crippen molar-refractivity contribution in [1.82, 2.24) is 24.6 Å². The minimum Gasteiger partial charge on any atom is -0.343 e. The number of rotatable bonds is 4. The molecule has 18 heavy (non-hydrogen) atoms. The number of hydrogen-bond acceptors (Lipinski definition) is 3. The standard InChI is InChI=1S/C13H21N5/c1-13(2,3)15-8-11-6-5-7-18(11)9-12-14-10-16-17(12)4/h5-7,10,15H,8-9H2,1-4H3. The van der Waals surface area contributed by atoms with Crippen molar-refractivity contribution in [2.45, 2.75) is 39.4 Å². The van der Waals surface area contributed by atoms with Gasteiger partial charge in [-0.15, -0.1) is 0 Å². The Kier molecular flexibility index (Phi) is 3.52. The molecule has 2 aromatic heterocycles. The van der Waals surface area contributed by atoms with Crippen LogP contribution in [0.15, 0.2) is 24.7 Å². The normalized spacial score (nSPS) is 12.0. The summed E-state index contributed by atoms with van der Waals surface area (Å²) < 4.78 is 4.00. The van der Waals surface area contributed by atoms with Crippen molar-refractivity contribution in [2.24, 2.45) is 7.05 Å². The van der Waals surface area contributed by atoms with Crippen molar-refractivity contribution in [3.8, 4) is 0 Å². The molecule has 0 fully saturated rings. The Labute approximate surface area is 108 Å². The predicted octanol–water partition coefficient (Wildman–Crippen LogP) is 1.55. The maximum Gasteiger partial charge on any atom is 0.146 e. The second-order valence-electron chi connectivity index (χ2n) is 5.53. The summed E-state index contributed by atoms with van der Waals surface area (Å²) in [6.07, 6.45) is 3.67. The third kappa shape index (κ3) is 3.20. The van der Waals surface area contributed by atoms with E-state index in [0.717, 1.165) is 18.9 Å². The molecule has 0 saturated carbocycles. The summed E-state index contributed by atoms with van der Waals surface area (Å²) in [5, 5.41) is 7.58. The highest BCUT2D eigenvalue weighted by Gasteiger charge is 2.11. The van der Waals surface area contributed by atoms with Crippen LogP contribution < -0.4 is 5.32 Å². The topological polar surface area (TPSA) is 47.7 Å². The van der Waals surface area contributed by atoms with Gasteiger partial charge >= 0.3 is 0 Å². The molecule has 0 bridgehead atoms. The van der Waals surface area contributed by atoms with Gasteiger partial charge in [-0.3, -0.25) is 4.68 Å². The summed E-state index contributed by atoms with van der Waals surface area (Å²) in [6, 6.07) is 4.20. The van der Waals surface area contributed by atoms with E-state index in [0.29, 0.717) is 0 Å². The van der Waals surface area contributed by atoms with Crippen molar-refractivity contribution < 1.29 is 0 Å². The lowest BCUT2D eigenvalue weighted by Gasteiger charge is -2.21. The Hall–Kier alpha value is -1.62. The SMILES string of the molecule is Cn1ncnc1Cn1cccc1CNC(C)(C)C. The van der Waals surface area contributed by atoms with Crippen molar-refractivity contribution in [3.63, 3.8) is 0 Å². The van der Waals surface area contributed by atoms with Gasteiger partial charge in [0.15, 0.2) is 0 Å². The smallest absolute Gasteiger partial charge is 0.146 e. The van der Waals surface area contributed by atoms with Crippen molar-refractivity contribution in [2.75, 3.05) is 0 Å². The van der Waals surface area contributed by atoms with Crippen LogP contribution in [0.25, 0.3) is 0 Å². The molecule has 0 spiro atoms. The van der Waals surface area contributed by atoms with Crippen LogP contribution in [0.1, 0.15) is 32.3 Å². The molecule has 5 heteroatoms. The van der Waals surface area contributed by atoms with Crippen molar-refractivity contribution in [1.29, 1.82) is 0 Å². The van der Waals surface area contributed by atoms with Crippen LogP contribution in [0.2, 0.25) is 0 Å². The summed E-state index contributed by atoms with van der Waals surface area (Å²) >= 11 is 0. The predicted molar refractivity (Wildman–Crippen MR) is 71.1 cm³/mol. The summed E-state index contributed by atoms with van der Waals surface area (Å²) in [7, 11) is 1.92. The number of aromatic nitrogens is 4. The summed E-state index contributed by atoms with van der Waals surface area (Å²) in [4.78, 5) is 4.25. The Morgan fingerprint density at radius 3 is 2.72 bits per heavy atom. The number of nitrogens with one attached hydrogen (secondary N) is 1. The third-order valence-corrected chi connectivity index (χ3v) is 2.84. The molecule has 0 aromatic carbocycles. The first-order valence-corrected chi connectivity index (χ1v) is 6.17. The zero-order valence-corrected chi connectivity index (χ0v) is 11.5. The van der Waals surface area contributed by atoms with Crippen LogP contribution in [0.3, 0.4) is 0 Å². The van der Waals surface area contributed by atoms with Gasteiger partial charge in [0.25, 0.3) is 0 Å². The van der Waals surface area contributed by atoms with E-state index in [9.17, 15) is 0 Å². The second kappa shape index (κ2) is 4.94. The van der Waals surface area contributed by atoms with Gasteiger partial charge in [-0.1, -0.05) is 0 Å². The fraction of sp³-hybridized carbons (Fsp3) is 0.538. The Bertz CT molecular complexity index is 503. The average molecular weight is 247 g/mol. The largest absolute Gasteiger partial charge is 0.343 e. The van der Waals surface area contributed by atoms with E-state index >= 15 is 0 Å². The zero-order chi connectivity index (χ0) is 13.2. The van der Waals surface area contributed by atoms with E-state index in [2.05, 4.69) is 59.1 Å². The molecule has 1 N–H and O–H groups in total. The van der Waals surface area contributed by atoms with Gasteiger partial charge < -0.3 is 9.88 Å². The highest BCUT2D eigenvalue weighted by atomic mass is 15.3. The molecule has 0 saturated heterocycles. The Morgan fingerprint density at radius 1 is 1.33 bits per heavy atom. The fourth-order valence-electron chi connectivity index (χ4n) is 1.74. The molecule has 0 aliphatic rings. The molecule has 0 unspecified atom stereocenters. The van der Waals surface area contributed by atoms with Gasteiger partial charge in [0.05, 0.1) is 6.54 Å². The van der Waals surface area contributed by atoms with Gasteiger partial charge in [0.2, 0.25) is 0 Å². The van der Waals surface area contributed by atoms with Gasteiger partial charge in [-0.05, 0) is 32.9 Å². The molecule has 2 heterocycles. The lowest BCUT2D eigenvalue weighted by Crippen LogP contribution is -2.35. The Balaban J connectivity index is 2.06. The minimum absolute atomic E-state index is 0.125. The van der Waals surface area contributed by atoms with E-state index in [4.69, 9.17) is 0 Å². The first-order valence-electron chi connectivity index (χ1n) is 6.17. The number of nitrogens with zero attached hydrogens (tertiary/aromatic N) is 4. The molecule has 2 rings (SSSR count). The van der Waals surface area contributed by atoms with Crippen LogP contribution in [-0.4, -0.2) is 24.9 Å². The molecule has 0 amide bonds. The van der Waals surface area contributed by atoms with E-state index in [1.54, 1.807) is 11.0 Å². The Morgan fingerprint density at radius 2 is 2.11 bits per heavy atom. The minimum atomic E-state index is 0.125. The first-order chi connectivity index (χ1) is 8.46. The molecule has 0 radical (unpaired) electrons. The molecular weight excluding hydrogens is 226 g/mol. The zero-order valence-electron chi connectivity index (χ0n) is 11.5. The van der Waals surface area contributed by atoms with Gasteiger partial charge in [-0.2, -0.15) is 5.10 Å². The molecule has 0 atom stereocenters. The molecule has 0 aliphatic heterocycles. The van der Waals surface area contributed by atoms with Crippen molar-refractivity contribution in [3.05, 3.63) is 36.2 Å².